The number of aryl methyl sites for hydroxylation is 1. The fraction of sp³-hybridized carbons (Fsp3) is 0.158. The van der Waals surface area contributed by atoms with E-state index in [2.05, 4.69) is 30.0 Å². The number of pyridine rings is 1. The SMILES string of the molecule is C=C1CCC(=C\Sc2cc(C)ccn2)/C(=N/c2ccccc2)S1. The number of aliphatic imine (C=N–C) groups is 1. The Balaban J connectivity index is 1.84. The first-order valence-corrected chi connectivity index (χ1v) is 9.18. The molecule has 2 heterocycles. The zero-order valence-electron chi connectivity index (χ0n) is 13.0. The molecule has 1 aromatic carbocycles. The van der Waals surface area contributed by atoms with Crippen molar-refractivity contribution in [3.8, 4) is 0 Å². The van der Waals surface area contributed by atoms with Crippen LogP contribution >= 0.6 is 23.5 Å². The summed E-state index contributed by atoms with van der Waals surface area (Å²) in [5, 5.41) is 4.25. The molecule has 0 saturated carbocycles. The van der Waals surface area contributed by atoms with Gasteiger partial charge in [0.05, 0.1) is 5.69 Å². The summed E-state index contributed by atoms with van der Waals surface area (Å²) in [5.41, 5.74) is 3.47. The number of rotatable bonds is 3. The molecule has 1 aliphatic heterocycles. The Hall–Kier alpha value is -1.78. The van der Waals surface area contributed by atoms with Crippen LogP contribution in [0.15, 0.2) is 81.1 Å². The van der Waals surface area contributed by atoms with Crippen molar-refractivity contribution >= 4 is 34.3 Å². The van der Waals surface area contributed by atoms with Crippen molar-refractivity contribution in [1.82, 2.24) is 4.98 Å². The lowest BCUT2D eigenvalue weighted by Crippen LogP contribution is -2.04. The van der Waals surface area contributed by atoms with E-state index in [1.54, 1.807) is 23.5 Å². The molecule has 0 unspecified atom stereocenters. The van der Waals surface area contributed by atoms with E-state index in [1.165, 1.54) is 16.0 Å². The van der Waals surface area contributed by atoms with Gasteiger partial charge in [-0.1, -0.05) is 48.3 Å². The van der Waals surface area contributed by atoms with Gasteiger partial charge in [-0.25, -0.2) is 9.98 Å². The maximum absolute atomic E-state index is 4.80. The average molecular weight is 339 g/mol. The molecule has 1 aliphatic rings. The lowest BCUT2D eigenvalue weighted by atomic mass is 10.1. The first-order chi connectivity index (χ1) is 11.2. The first kappa shape index (κ1) is 16.1. The van der Waals surface area contributed by atoms with Crippen LogP contribution in [0, 0.1) is 6.92 Å². The molecule has 0 N–H and O–H groups in total. The van der Waals surface area contributed by atoms with Crippen LogP contribution in [0.5, 0.6) is 0 Å². The summed E-state index contributed by atoms with van der Waals surface area (Å²) < 4.78 is 0. The molecular weight excluding hydrogens is 320 g/mol. The van der Waals surface area contributed by atoms with Crippen molar-refractivity contribution in [3.05, 3.63) is 76.7 Å². The van der Waals surface area contributed by atoms with Gasteiger partial charge in [0.15, 0.2) is 0 Å². The summed E-state index contributed by atoms with van der Waals surface area (Å²) in [4.78, 5) is 10.4. The highest BCUT2D eigenvalue weighted by molar-refractivity contribution is 8.17. The van der Waals surface area contributed by atoms with Gasteiger partial charge in [0, 0.05) is 6.20 Å². The van der Waals surface area contributed by atoms with Crippen LogP contribution in [-0.2, 0) is 0 Å². The Morgan fingerprint density at radius 2 is 2.04 bits per heavy atom. The standard InChI is InChI=1S/C19H18N2S2/c1-14-10-11-20-18(12-14)22-13-16-9-8-15(2)23-19(16)21-17-6-4-3-5-7-17/h3-7,10-13H,2,8-9H2,1H3/b16-13+,21-19-. The number of hydrogen-bond acceptors (Lipinski definition) is 4. The second kappa shape index (κ2) is 7.66. The van der Waals surface area contributed by atoms with Gasteiger partial charge in [-0.2, -0.15) is 0 Å². The molecule has 0 amide bonds. The van der Waals surface area contributed by atoms with E-state index in [9.17, 15) is 0 Å². The van der Waals surface area contributed by atoms with Crippen LogP contribution in [-0.4, -0.2) is 10.0 Å². The third-order valence-electron chi connectivity index (χ3n) is 3.39. The smallest absolute Gasteiger partial charge is 0.105 e. The molecule has 0 atom stereocenters. The predicted molar refractivity (Wildman–Crippen MR) is 102 cm³/mol. The molecule has 1 fully saturated rings. The normalized spacial score (nSPS) is 18.6. The van der Waals surface area contributed by atoms with Gasteiger partial charge in [0.2, 0.25) is 0 Å². The molecule has 3 rings (SSSR count). The number of nitrogens with zero attached hydrogens (tertiary/aromatic N) is 2. The van der Waals surface area contributed by atoms with Crippen LogP contribution in [0.3, 0.4) is 0 Å². The number of para-hydroxylation sites is 1. The summed E-state index contributed by atoms with van der Waals surface area (Å²) in [6, 6.07) is 14.2. The van der Waals surface area contributed by atoms with E-state index in [-0.39, 0.29) is 0 Å². The highest BCUT2D eigenvalue weighted by Crippen LogP contribution is 2.36. The number of aromatic nitrogens is 1. The molecule has 23 heavy (non-hydrogen) atoms. The summed E-state index contributed by atoms with van der Waals surface area (Å²) in [6.07, 6.45) is 3.84. The Morgan fingerprint density at radius 1 is 1.22 bits per heavy atom. The van der Waals surface area contributed by atoms with Crippen molar-refractivity contribution in [2.24, 2.45) is 4.99 Å². The maximum atomic E-state index is 4.80. The minimum Gasteiger partial charge on any atom is -0.250 e. The molecule has 2 nitrogen and oxygen atoms in total. The van der Waals surface area contributed by atoms with Gasteiger partial charge in [0.1, 0.15) is 10.1 Å². The van der Waals surface area contributed by atoms with Gasteiger partial charge in [-0.05, 0) is 65.5 Å². The van der Waals surface area contributed by atoms with E-state index in [1.807, 2.05) is 42.6 Å². The first-order valence-electron chi connectivity index (χ1n) is 7.49. The molecule has 0 radical (unpaired) electrons. The lowest BCUT2D eigenvalue weighted by Gasteiger charge is -2.18. The Kier molecular flexibility index (Phi) is 5.36. The van der Waals surface area contributed by atoms with Crippen LogP contribution in [0.4, 0.5) is 5.69 Å². The molecule has 1 aromatic heterocycles. The van der Waals surface area contributed by atoms with Crippen molar-refractivity contribution in [2.45, 2.75) is 24.8 Å². The third-order valence-corrected chi connectivity index (χ3v) is 5.29. The van der Waals surface area contributed by atoms with Crippen LogP contribution in [0.2, 0.25) is 0 Å². The molecule has 116 valence electrons. The van der Waals surface area contributed by atoms with E-state index < -0.39 is 0 Å². The topological polar surface area (TPSA) is 25.2 Å². The van der Waals surface area contributed by atoms with Crippen LogP contribution in [0.1, 0.15) is 18.4 Å². The molecule has 4 heteroatoms. The molecule has 0 bridgehead atoms. The molecular formula is C19H18N2S2. The van der Waals surface area contributed by atoms with Crippen molar-refractivity contribution < 1.29 is 0 Å². The Bertz CT molecular complexity index is 764. The zero-order chi connectivity index (χ0) is 16.1. The summed E-state index contributed by atoms with van der Waals surface area (Å²) in [7, 11) is 0. The fourth-order valence-corrected chi connectivity index (χ4v) is 4.03. The van der Waals surface area contributed by atoms with Crippen LogP contribution in [0.25, 0.3) is 0 Å². The monoisotopic (exact) mass is 338 g/mol. The summed E-state index contributed by atoms with van der Waals surface area (Å²) >= 11 is 3.34. The van der Waals surface area contributed by atoms with Gasteiger partial charge in [0.25, 0.3) is 0 Å². The maximum Gasteiger partial charge on any atom is 0.105 e. The van der Waals surface area contributed by atoms with Gasteiger partial charge in [-0.3, -0.25) is 0 Å². The Labute approximate surface area is 145 Å². The largest absolute Gasteiger partial charge is 0.250 e. The van der Waals surface area contributed by atoms with Gasteiger partial charge < -0.3 is 0 Å². The molecule has 0 spiro atoms. The van der Waals surface area contributed by atoms with E-state index in [4.69, 9.17) is 4.99 Å². The lowest BCUT2D eigenvalue weighted by molar-refractivity contribution is 1.01. The molecule has 1 saturated heterocycles. The highest BCUT2D eigenvalue weighted by atomic mass is 32.2. The number of allylic oxidation sites excluding steroid dienone is 1. The Morgan fingerprint density at radius 3 is 2.83 bits per heavy atom. The predicted octanol–water partition coefficient (Wildman–Crippen LogP) is 6.14. The van der Waals surface area contributed by atoms with Crippen LogP contribution < -0.4 is 0 Å². The average Bonchev–Trinajstić information content (AvgIpc) is 2.55. The quantitative estimate of drug-likeness (QED) is 0.629. The summed E-state index contributed by atoms with van der Waals surface area (Å²) in [5.74, 6) is 0. The van der Waals surface area contributed by atoms with Crippen molar-refractivity contribution in [3.63, 3.8) is 0 Å². The number of thioether (sulfide) groups is 2. The van der Waals surface area contributed by atoms with E-state index in [0.29, 0.717) is 0 Å². The minimum absolute atomic E-state index is 0.981. The fourth-order valence-electron chi connectivity index (χ4n) is 2.16. The molecule has 0 aliphatic carbocycles. The number of benzene rings is 1. The van der Waals surface area contributed by atoms with Gasteiger partial charge in [-0.15, -0.1) is 0 Å². The van der Waals surface area contributed by atoms with Crippen molar-refractivity contribution in [1.29, 1.82) is 0 Å². The second-order valence-electron chi connectivity index (χ2n) is 5.33. The second-order valence-corrected chi connectivity index (χ2v) is 7.38. The summed E-state index contributed by atoms with van der Waals surface area (Å²) in [6.45, 7) is 6.19. The highest BCUT2D eigenvalue weighted by Gasteiger charge is 2.17. The zero-order valence-corrected chi connectivity index (χ0v) is 14.7. The van der Waals surface area contributed by atoms with Gasteiger partial charge >= 0.3 is 0 Å². The number of hydrogen-bond donors (Lipinski definition) is 0. The van der Waals surface area contributed by atoms with Crippen molar-refractivity contribution in [2.75, 3.05) is 0 Å². The van der Waals surface area contributed by atoms with E-state index >= 15 is 0 Å². The van der Waals surface area contributed by atoms with E-state index in [0.717, 1.165) is 28.6 Å². The third kappa shape index (κ3) is 4.60. The molecule has 2 aromatic rings. The minimum atomic E-state index is 0.981.